The summed E-state index contributed by atoms with van der Waals surface area (Å²) >= 11 is 0. The number of halogens is 4. The minimum absolute atomic E-state index is 0.0640. The number of rotatable bonds is 6. The molecule has 0 aromatic heterocycles. The molecule has 0 N–H and O–H groups in total. The lowest BCUT2D eigenvalue weighted by Crippen LogP contribution is -2.13. The Hall–Kier alpha value is -3.08. The van der Waals surface area contributed by atoms with E-state index in [0.29, 0.717) is 24.0 Å². The molecule has 1 aliphatic carbocycles. The second-order valence-corrected chi connectivity index (χ2v) is 8.84. The molecule has 178 valence electrons. The first-order chi connectivity index (χ1) is 16.4. The Kier molecular flexibility index (Phi) is 7.40. The third-order valence-electron chi connectivity index (χ3n) is 6.84. The molecule has 0 saturated heterocycles. The molecule has 4 rings (SSSR count). The molecular formula is C29H28F4O. The van der Waals surface area contributed by atoms with Crippen LogP contribution < -0.4 is 4.74 Å². The predicted octanol–water partition coefficient (Wildman–Crippen LogP) is 8.47. The fraction of sp³-hybridized carbons (Fsp3) is 0.310. The molecule has 5 heteroatoms. The molecule has 1 nitrogen and oxygen atoms in total. The standard InChI is InChI=1S/C29H28F4O/c1-3-18-4-9-20(10-5-18)23-15-16-24(28(32)27(23)31)21-11-6-19(7-12-21)8-13-22-14-17-25(34-2)29(33)26(22)30/h4-5,8-10,13-17,19,21H,3,6-7,11-12H2,1-2H3/b13-8+. The van der Waals surface area contributed by atoms with Crippen LogP contribution in [0.25, 0.3) is 17.2 Å². The van der Waals surface area contributed by atoms with Gasteiger partial charge in [-0.2, -0.15) is 4.39 Å². The van der Waals surface area contributed by atoms with Crippen LogP contribution in [-0.2, 0) is 6.42 Å². The molecule has 34 heavy (non-hydrogen) atoms. The van der Waals surface area contributed by atoms with E-state index in [4.69, 9.17) is 4.74 Å². The molecule has 0 heterocycles. The van der Waals surface area contributed by atoms with Crippen molar-refractivity contribution in [1.29, 1.82) is 0 Å². The predicted molar refractivity (Wildman–Crippen MR) is 128 cm³/mol. The van der Waals surface area contributed by atoms with Gasteiger partial charge in [-0.25, -0.2) is 13.2 Å². The number of ether oxygens (including phenoxy) is 1. The van der Waals surface area contributed by atoms with Crippen molar-refractivity contribution in [3.63, 3.8) is 0 Å². The lowest BCUT2D eigenvalue weighted by molar-refractivity contribution is 0.364. The van der Waals surface area contributed by atoms with Crippen molar-refractivity contribution in [2.75, 3.05) is 7.11 Å². The van der Waals surface area contributed by atoms with E-state index in [0.717, 1.165) is 24.8 Å². The molecule has 0 unspecified atom stereocenters. The number of hydrogen-bond acceptors (Lipinski definition) is 1. The van der Waals surface area contributed by atoms with Gasteiger partial charge in [0.15, 0.2) is 23.2 Å². The summed E-state index contributed by atoms with van der Waals surface area (Å²) in [4.78, 5) is 0. The Morgan fingerprint density at radius 1 is 0.794 bits per heavy atom. The Labute approximate surface area is 198 Å². The van der Waals surface area contributed by atoms with Gasteiger partial charge < -0.3 is 4.74 Å². The SMILES string of the molecule is CCc1ccc(-c2ccc(C3CCC(/C=C/c4ccc(OC)c(F)c4F)CC3)c(F)c2F)cc1. The normalized spacial score (nSPS) is 18.4. The zero-order chi connectivity index (χ0) is 24.2. The van der Waals surface area contributed by atoms with Gasteiger partial charge in [-0.3, -0.25) is 0 Å². The van der Waals surface area contributed by atoms with E-state index in [-0.39, 0.29) is 28.7 Å². The molecule has 0 radical (unpaired) electrons. The molecule has 0 atom stereocenters. The highest BCUT2D eigenvalue weighted by atomic mass is 19.2. The van der Waals surface area contributed by atoms with Crippen LogP contribution in [0.3, 0.4) is 0 Å². The quantitative estimate of drug-likeness (QED) is 0.330. The van der Waals surface area contributed by atoms with Crippen molar-refractivity contribution in [1.82, 2.24) is 0 Å². The summed E-state index contributed by atoms with van der Waals surface area (Å²) in [6.07, 6.45) is 7.29. The van der Waals surface area contributed by atoms with E-state index in [1.807, 2.05) is 37.3 Å². The van der Waals surface area contributed by atoms with Gasteiger partial charge in [-0.15, -0.1) is 0 Å². The van der Waals surface area contributed by atoms with Gasteiger partial charge in [0, 0.05) is 11.1 Å². The second-order valence-electron chi connectivity index (χ2n) is 8.84. The topological polar surface area (TPSA) is 9.23 Å². The Morgan fingerprint density at radius 2 is 1.50 bits per heavy atom. The van der Waals surface area contributed by atoms with E-state index in [1.54, 1.807) is 18.2 Å². The molecule has 0 spiro atoms. The highest BCUT2D eigenvalue weighted by Gasteiger charge is 2.26. The highest BCUT2D eigenvalue weighted by molar-refractivity contribution is 5.65. The first-order valence-electron chi connectivity index (χ1n) is 11.7. The van der Waals surface area contributed by atoms with Crippen LogP contribution in [0.1, 0.15) is 55.2 Å². The minimum Gasteiger partial charge on any atom is -0.494 e. The smallest absolute Gasteiger partial charge is 0.201 e. The van der Waals surface area contributed by atoms with Crippen LogP contribution in [0.15, 0.2) is 54.6 Å². The number of benzene rings is 3. The van der Waals surface area contributed by atoms with Gasteiger partial charge in [0.25, 0.3) is 0 Å². The molecule has 3 aromatic carbocycles. The largest absolute Gasteiger partial charge is 0.494 e. The average Bonchev–Trinajstić information content (AvgIpc) is 2.87. The van der Waals surface area contributed by atoms with Gasteiger partial charge in [-0.05, 0) is 72.8 Å². The Morgan fingerprint density at radius 3 is 2.15 bits per heavy atom. The molecule has 3 aromatic rings. The first-order valence-corrected chi connectivity index (χ1v) is 11.7. The fourth-order valence-corrected chi connectivity index (χ4v) is 4.72. The summed E-state index contributed by atoms with van der Waals surface area (Å²) in [5, 5.41) is 0. The van der Waals surface area contributed by atoms with E-state index in [9.17, 15) is 13.2 Å². The van der Waals surface area contributed by atoms with E-state index >= 15 is 4.39 Å². The van der Waals surface area contributed by atoms with Crippen LogP contribution in [0.5, 0.6) is 5.75 Å². The molecule has 0 aliphatic heterocycles. The van der Waals surface area contributed by atoms with Crippen LogP contribution in [0.2, 0.25) is 0 Å². The van der Waals surface area contributed by atoms with Crippen molar-refractivity contribution in [2.24, 2.45) is 5.92 Å². The maximum atomic E-state index is 15.0. The molecule has 0 amide bonds. The second kappa shape index (κ2) is 10.5. The van der Waals surface area contributed by atoms with E-state index < -0.39 is 23.3 Å². The summed E-state index contributed by atoms with van der Waals surface area (Å²) in [5.41, 5.74) is 2.66. The monoisotopic (exact) mass is 468 g/mol. The number of aryl methyl sites for hydroxylation is 1. The number of hydrogen-bond donors (Lipinski definition) is 0. The van der Waals surface area contributed by atoms with Crippen molar-refractivity contribution >= 4 is 6.08 Å². The lowest BCUT2D eigenvalue weighted by Gasteiger charge is -2.27. The summed E-state index contributed by atoms with van der Waals surface area (Å²) in [6, 6.07) is 13.8. The van der Waals surface area contributed by atoms with E-state index in [2.05, 4.69) is 0 Å². The number of allylic oxidation sites excluding steroid dienone is 1. The summed E-state index contributed by atoms with van der Waals surface area (Å²) in [7, 11) is 1.29. The Bertz CT molecular complexity index is 1180. The summed E-state index contributed by atoms with van der Waals surface area (Å²) in [5.74, 6) is -3.54. The average molecular weight is 469 g/mol. The maximum Gasteiger partial charge on any atom is 0.201 e. The fourth-order valence-electron chi connectivity index (χ4n) is 4.72. The van der Waals surface area contributed by atoms with E-state index in [1.165, 1.54) is 19.2 Å². The van der Waals surface area contributed by atoms with Crippen molar-refractivity contribution in [3.8, 4) is 16.9 Å². The summed E-state index contributed by atoms with van der Waals surface area (Å²) in [6.45, 7) is 2.05. The zero-order valence-corrected chi connectivity index (χ0v) is 19.4. The number of methoxy groups -OCH3 is 1. The highest BCUT2D eigenvalue weighted by Crippen LogP contribution is 2.39. The molecule has 1 fully saturated rings. The third-order valence-corrected chi connectivity index (χ3v) is 6.84. The van der Waals surface area contributed by atoms with Crippen LogP contribution in [0.4, 0.5) is 17.6 Å². The molecule has 0 bridgehead atoms. The van der Waals surface area contributed by atoms with Gasteiger partial charge in [0.1, 0.15) is 0 Å². The molecule has 1 saturated carbocycles. The van der Waals surface area contributed by atoms with Crippen molar-refractivity contribution in [2.45, 2.75) is 44.9 Å². The van der Waals surface area contributed by atoms with Gasteiger partial charge in [0.2, 0.25) is 5.82 Å². The van der Waals surface area contributed by atoms with Gasteiger partial charge >= 0.3 is 0 Å². The van der Waals surface area contributed by atoms with Crippen LogP contribution >= 0.6 is 0 Å². The minimum atomic E-state index is -1.00. The lowest BCUT2D eigenvalue weighted by atomic mass is 9.78. The van der Waals surface area contributed by atoms with Crippen LogP contribution in [0, 0.1) is 29.2 Å². The summed E-state index contributed by atoms with van der Waals surface area (Å²) < 4.78 is 62.8. The Balaban J connectivity index is 1.43. The maximum absolute atomic E-state index is 15.0. The van der Waals surface area contributed by atoms with Crippen molar-refractivity contribution < 1.29 is 22.3 Å². The zero-order valence-electron chi connectivity index (χ0n) is 19.4. The van der Waals surface area contributed by atoms with Crippen LogP contribution in [-0.4, -0.2) is 7.11 Å². The third kappa shape index (κ3) is 4.89. The molecular weight excluding hydrogens is 440 g/mol. The molecule has 1 aliphatic rings. The van der Waals surface area contributed by atoms with Gasteiger partial charge in [-0.1, -0.05) is 55.5 Å². The van der Waals surface area contributed by atoms with Crippen molar-refractivity contribution in [3.05, 3.63) is 94.6 Å². The first kappa shape index (κ1) is 24.1. The van der Waals surface area contributed by atoms with Gasteiger partial charge in [0.05, 0.1) is 7.11 Å².